The first kappa shape index (κ1) is 19.4. The van der Waals surface area contributed by atoms with Gasteiger partial charge in [-0.15, -0.1) is 11.3 Å². The Morgan fingerprint density at radius 3 is 2.57 bits per heavy atom. The molecule has 152 valence electrons. The maximum absolute atomic E-state index is 12.7. The molecule has 1 saturated heterocycles. The number of imide groups is 1. The number of thiazole rings is 1. The molecule has 1 aliphatic heterocycles. The highest BCUT2D eigenvalue weighted by atomic mass is 32.1. The highest BCUT2D eigenvalue weighted by Crippen LogP contribution is 2.29. The summed E-state index contributed by atoms with van der Waals surface area (Å²) in [7, 11) is 0. The Hall–Kier alpha value is -1.96. The third-order valence-electron chi connectivity index (χ3n) is 5.97. The molecule has 1 atom stereocenters. The second kappa shape index (κ2) is 8.59. The van der Waals surface area contributed by atoms with Crippen LogP contribution in [0.2, 0.25) is 0 Å². The smallest absolute Gasteiger partial charge is 0.325 e. The minimum absolute atomic E-state index is 0.0205. The summed E-state index contributed by atoms with van der Waals surface area (Å²) in [6.45, 7) is 0. The number of hydrogen-bond donors (Lipinski definition) is 2. The van der Waals surface area contributed by atoms with E-state index in [1.54, 1.807) is 11.3 Å². The van der Waals surface area contributed by atoms with Crippen molar-refractivity contribution in [1.82, 2.24) is 15.2 Å². The molecule has 1 saturated carbocycles. The van der Waals surface area contributed by atoms with Gasteiger partial charge in [0.2, 0.25) is 5.91 Å². The molecule has 2 heterocycles. The summed E-state index contributed by atoms with van der Waals surface area (Å²) in [5.41, 5.74) is 1.11. The number of urea groups is 1. The first-order chi connectivity index (χ1) is 13.6. The molecular weight excluding hydrogens is 376 g/mol. The molecular formula is C20H28N4O3S. The number of carbonyl (C=O) groups is 3. The predicted octanol–water partition coefficient (Wildman–Crippen LogP) is 3.38. The molecule has 2 fully saturated rings. The van der Waals surface area contributed by atoms with Gasteiger partial charge in [-0.2, -0.15) is 0 Å². The van der Waals surface area contributed by atoms with Crippen LogP contribution in [-0.4, -0.2) is 39.8 Å². The van der Waals surface area contributed by atoms with Gasteiger partial charge < -0.3 is 10.6 Å². The Kier molecular flexibility index (Phi) is 5.94. The minimum atomic E-state index is -0.768. The first-order valence-corrected chi connectivity index (χ1v) is 11.4. The number of aromatic nitrogens is 1. The molecule has 0 aromatic carbocycles. The van der Waals surface area contributed by atoms with Gasteiger partial charge in [0, 0.05) is 10.9 Å². The monoisotopic (exact) mass is 404 g/mol. The van der Waals surface area contributed by atoms with E-state index in [-0.39, 0.29) is 30.3 Å². The van der Waals surface area contributed by atoms with Crippen LogP contribution >= 0.6 is 11.3 Å². The number of amides is 4. The van der Waals surface area contributed by atoms with Gasteiger partial charge in [-0.05, 0) is 38.5 Å². The maximum Gasteiger partial charge on any atom is 0.325 e. The highest BCUT2D eigenvalue weighted by molar-refractivity contribution is 7.15. The molecule has 0 unspecified atom stereocenters. The van der Waals surface area contributed by atoms with Gasteiger partial charge in [-0.25, -0.2) is 9.78 Å². The van der Waals surface area contributed by atoms with Gasteiger partial charge in [0.25, 0.3) is 5.91 Å². The molecule has 28 heavy (non-hydrogen) atoms. The lowest BCUT2D eigenvalue weighted by molar-refractivity contribution is -0.131. The van der Waals surface area contributed by atoms with Crippen molar-refractivity contribution >= 4 is 34.3 Å². The van der Waals surface area contributed by atoms with Crippen LogP contribution in [0.4, 0.5) is 9.93 Å². The van der Waals surface area contributed by atoms with Crippen molar-refractivity contribution in [3.63, 3.8) is 0 Å². The molecule has 0 spiro atoms. The summed E-state index contributed by atoms with van der Waals surface area (Å²) in [5.74, 6) is -0.538. The maximum atomic E-state index is 12.7. The number of aryl methyl sites for hydroxylation is 2. The lowest BCUT2D eigenvalue weighted by Crippen LogP contribution is -2.42. The van der Waals surface area contributed by atoms with Crippen LogP contribution in [-0.2, 0) is 22.4 Å². The molecule has 0 bridgehead atoms. The van der Waals surface area contributed by atoms with Gasteiger partial charge in [0.05, 0.1) is 12.1 Å². The van der Waals surface area contributed by atoms with Crippen molar-refractivity contribution in [3.8, 4) is 0 Å². The van der Waals surface area contributed by atoms with Gasteiger partial charge in [0.1, 0.15) is 6.04 Å². The molecule has 0 radical (unpaired) electrons. The van der Waals surface area contributed by atoms with Crippen molar-refractivity contribution in [2.24, 2.45) is 0 Å². The largest absolute Gasteiger partial charge is 0.325 e. The fourth-order valence-electron chi connectivity index (χ4n) is 4.49. The molecule has 3 aliphatic rings. The van der Waals surface area contributed by atoms with Crippen molar-refractivity contribution in [3.05, 3.63) is 10.6 Å². The molecule has 8 heteroatoms. The van der Waals surface area contributed by atoms with Crippen molar-refractivity contribution in [1.29, 1.82) is 0 Å². The average molecular weight is 405 g/mol. The molecule has 2 N–H and O–H groups in total. The number of anilines is 1. The zero-order valence-corrected chi connectivity index (χ0v) is 17.0. The van der Waals surface area contributed by atoms with Crippen LogP contribution in [0.1, 0.15) is 74.8 Å². The van der Waals surface area contributed by atoms with Crippen molar-refractivity contribution < 1.29 is 14.4 Å². The van der Waals surface area contributed by atoms with E-state index in [9.17, 15) is 14.4 Å². The SMILES string of the molecule is O=C(C[C@H]1NC(=O)N(C2CCCCC2)C1=O)Nc1nc2c(s1)CCCCCC2. The van der Waals surface area contributed by atoms with E-state index in [4.69, 9.17) is 0 Å². The average Bonchev–Trinajstić information content (AvgIpc) is 3.15. The van der Waals surface area contributed by atoms with Crippen LogP contribution in [0, 0.1) is 0 Å². The van der Waals surface area contributed by atoms with Gasteiger partial charge >= 0.3 is 6.03 Å². The fourth-order valence-corrected chi connectivity index (χ4v) is 5.55. The lowest BCUT2D eigenvalue weighted by atomic mass is 9.94. The van der Waals surface area contributed by atoms with Crippen LogP contribution in [0.25, 0.3) is 0 Å². The topological polar surface area (TPSA) is 91.4 Å². The predicted molar refractivity (Wildman–Crippen MR) is 107 cm³/mol. The van der Waals surface area contributed by atoms with E-state index in [2.05, 4.69) is 15.6 Å². The zero-order chi connectivity index (χ0) is 19.5. The standard InChI is InChI=1S/C20H28N4O3S/c25-17(23-19-21-14-10-6-1-2-7-11-16(14)28-19)12-15-18(26)24(20(27)22-15)13-8-4-3-5-9-13/h13,15H,1-12H2,(H,22,27)(H,21,23,25)/t15-/m1/s1. The van der Waals surface area contributed by atoms with Gasteiger partial charge in [-0.1, -0.05) is 32.1 Å². The third-order valence-corrected chi connectivity index (χ3v) is 7.05. The molecule has 1 aromatic heterocycles. The lowest BCUT2D eigenvalue weighted by Gasteiger charge is -2.28. The number of rotatable bonds is 4. The van der Waals surface area contributed by atoms with Crippen LogP contribution in [0.3, 0.4) is 0 Å². The zero-order valence-electron chi connectivity index (χ0n) is 16.2. The van der Waals surface area contributed by atoms with Gasteiger partial charge in [0.15, 0.2) is 5.13 Å². The van der Waals surface area contributed by atoms with E-state index in [1.807, 2.05) is 0 Å². The Bertz CT molecular complexity index is 731. The summed E-state index contributed by atoms with van der Waals surface area (Å²) in [6.07, 6.45) is 11.7. The molecule has 4 amide bonds. The Morgan fingerprint density at radius 1 is 1.07 bits per heavy atom. The number of fused-ring (bicyclic) bond motifs is 1. The number of nitrogens with zero attached hydrogens (tertiary/aromatic N) is 2. The fraction of sp³-hybridized carbons (Fsp3) is 0.700. The Labute approximate surface area is 169 Å². The quantitative estimate of drug-likeness (QED) is 0.753. The number of carbonyl (C=O) groups excluding carboxylic acids is 3. The Balaban J connectivity index is 1.35. The first-order valence-electron chi connectivity index (χ1n) is 10.5. The Morgan fingerprint density at radius 2 is 1.79 bits per heavy atom. The minimum Gasteiger partial charge on any atom is -0.325 e. The second-order valence-electron chi connectivity index (χ2n) is 8.06. The summed E-state index contributed by atoms with van der Waals surface area (Å²) in [5, 5.41) is 6.14. The molecule has 4 rings (SSSR count). The molecule has 7 nitrogen and oxygen atoms in total. The van der Waals surface area contributed by atoms with E-state index < -0.39 is 6.04 Å². The van der Waals surface area contributed by atoms with Crippen LogP contribution in [0.5, 0.6) is 0 Å². The molecule has 2 aliphatic carbocycles. The van der Waals surface area contributed by atoms with Crippen LogP contribution in [0.15, 0.2) is 0 Å². The van der Waals surface area contributed by atoms with E-state index in [1.165, 1.54) is 29.0 Å². The van der Waals surface area contributed by atoms with E-state index in [0.717, 1.165) is 57.1 Å². The summed E-state index contributed by atoms with van der Waals surface area (Å²) < 4.78 is 0. The highest BCUT2D eigenvalue weighted by Gasteiger charge is 2.42. The normalized spacial score (nSPS) is 23.7. The van der Waals surface area contributed by atoms with E-state index >= 15 is 0 Å². The second-order valence-corrected chi connectivity index (χ2v) is 9.14. The van der Waals surface area contributed by atoms with Crippen molar-refractivity contribution in [2.45, 2.75) is 89.1 Å². The van der Waals surface area contributed by atoms with Crippen LogP contribution < -0.4 is 10.6 Å². The molecule has 1 aromatic rings. The summed E-state index contributed by atoms with van der Waals surface area (Å²) in [6, 6.07) is -1.14. The third kappa shape index (κ3) is 4.21. The summed E-state index contributed by atoms with van der Waals surface area (Å²) in [4.78, 5) is 44.7. The van der Waals surface area contributed by atoms with E-state index in [0.29, 0.717) is 5.13 Å². The van der Waals surface area contributed by atoms with Crippen molar-refractivity contribution in [2.75, 3.05) is 5.32 Å². The number of nitrogens with one attached hydrogen (secondary N) is 2. The summed E-state index contributed by atoms with van der Waals surface area (Å²) >= 11 is 1.54. The number of hydrogen-bond acceptors (Lipinski definition) is 5. The van der Waals surface area contributed by atoms with Gasteiger partial charge in [-0.3, -0.25) is 14.5 Å².